The summed E-state index contributed by atoms with van der Waals surface area (Å²) in [4.78, 5) is 18.4. The zero-order valence-electron chi connectivity index (χ0n) is 10.8. The first-order valence-corrected chi connectivity index (χ1v) is 6.17. The molecule has 0 unspecified atom stereocenters. The van der Waals surface area contributed by atoms with Crippen molar-refractivity contribution in [1.29, 1.82) is 0 Å². The predicted molar refractivity (Wildman–Crippen MR) is 71.7 cm³/mol. The minimum Gasteiger partial charge on any atom is -0.493 e. The van der Waals surface area contributed by atoms with Gasteiger partial charge in [0.25, 0.3) is 0 Å². The third-order valence-corrected chi connectivity index (χ3v) is 2.62. The average Bonchev–Trinajstić information content (AvgIpc) is 2.89. The van der Waals surface area contributed by atoms with Gasteiger partial charge in [-0.15, -0.1) is 0 Å². The molecule has 0 radical (unpaired) electrons. The number of aromatic nitrogens is 2. The summed E-state index contributed by atoms with van der Waals surface area (Å²) in [5.41, 5.74) is 2.02. The molecular weight excluding hydrogens is 242 g/mol. The van der Waals surface area contributed by atoms with Crippen molar-refractivity contribution in [2.75, 3.05) is 6.61 Å². The van der Waals surface area contributed by atoms with E-state index in [1.54, 1.807) is 12.5 Å². The third-order valence-electron chi connectivity index (χ3n) is 2.62. The summed E-state index contributed by atoms with van der Waals surface area (Å²) in [6.07, 6.45) is 3.61. The number of carbonyl (C=O) groups excluding carboxylic acids is 1. The van der Waals surface area contributed by atoms with Crippen LogP contribution in [0.5, 0.6) is 5.75 Å². The third kappa shape index (κ3) is 4.46. The number of nitrogens with one attached hydrogen (secondary N) is 2. The van der Waals surface area contributed by atoms with E-state index >= 15 is 0 Å². The lowest BCUT2D eigenvalue weighted by Crippen LogP contribution is -2.24. The maximum Gasteiger partial charge on any atom is 0.223 e. The Labute approximate surface area is 112 Å². The standard InChI is InChI=1S/C14H17N3O2/c1-11-3-2-4-13(7-11)19-6-5-14(18)16-9-12-8-15-10-17-12/h2-4,7-8,10H,5-6,9H2,1H3,(H,15,17)(H,16,18). The molecule has 0 aliphatic carbocycles. The van der Waals surface area contributed by atoms with Gasteiger partial charge in [-0.05, 0) is 24.6 Å². The smallest absolute Gasteiger partial charge is 0.223 e. The van der Waals surface area contributed by atoms with Crippen LogP contribution in [0.2, 0.25) is 0 Å². The van der Waals surface area contributed by atoms with Crippen molar-refractivity contribution in [2.45, 2.75) is 19.9 Å². The zero-order chi connectivity index (χ0) is 13.5. The number of hydrogen-bond donors (Lipinski definition) is 2. The van der Waals surface area contributed by atoms with E-state index in [4.69, 9.17) is 4.74 Å². The lowest BCUT2D eigenvalue weighted by molar-refractivity contribution is -0.121. The lowest BCUT2D eigenvalue weighted by atomic mass is 10.2. The molecule has 1 aromatic heterocycles. The summed E-state index contributed by atoms with van der Waals surface area (Å²) in [6.45, 7) is 2.84. The van der Waals surface area contributed by atoms with Crippen LogP contribution in [-0.2, 0) is 11.3 Å². The quantitative estimate of drug-likeness (QED) is 0.831. The fourth-order valence-corrected chi connectivity index (χ4v) is 1.63. The Morgan fingerprint density at radius 1 is 1.47 bits per heavy atom. The Kier molecular flexibility index (Phi) is 4.55. The van der Waals surface area contributed by atoms with E-state index < -0.39 is 0 Å². The van der Waals surface area contributed by atoms with Gasteiger partial charge in [0.15, 0.2) is 0 Å². The van der Waals surface area contributed by atoms with Gasteiger partial charge in [0.1, 0.15) is 5.75 Å². The Bertz CT molecular complexity index is 523. The summed E-state index contributed by atoms with van der Waals surface area (Å²) in [7, 11) is 0. The van der Waals surface area contributed by atoms with Gasteiger partial charge in [0.2, 0.25) is 5.91 Å². The molecule has 0 saturated heterocycles. The number of benzene rings is 1. The molecule has 0 aliphatic heterocycles. The molecule has 1 aromatic carbocycles. The van der Waals surface area contributed by atoms with Gasteiger partial charge in [0, 0.05) is 6.20 Å². The maximum absolute atomic E-state index is 11.6. The molecule has 2 aromatic rings. The number of ether oxygens (including phenoxy) is 1. The molecule has 100 valence electrons. The first-order valence-electron chi connectivity index (χ1n) is 6.17. The number of rotatable bonds is 6. The van der Waals surface area contributed by atoms with Crippen molar-refractivity contribution in [3.05, 3.63) is 48.0 Å². The number of aryl methyl sites for hydroxylation is 1. The monoisotopic (exact) mass is 259 g/mol. The molecule has 0 atom stereocenters. The zero-order valence-corrected chi connectivity index (χ0v) is 10.8. The van der Waals surface area contributed by atoms with E-state index in [1.807, 2.05) is 31.2 Å². The van der Waals surface area contributed by atoms with Crippen LogP contribution >= 0.6 is 0 Å². The highest BCUT2D eigenvalue weighted by molar-refractivity contribution is 5.75. The molecule has 0 aliphatic rings. The molecule has 0 bridgehead atoms. The first kappa shape index (κ1) is 13.1. The van der Waals surface area contributed by atoms with Crippen LogP contribution < -0.4 is 10.1 Å². The Morgan fingerprint density at radius 2 is 2.37 bits per heavy atom. The molecule has 19 heavy (non-hydrogen) atoms. The Balaban J connectivity index is 1.66. The molecule has 2 N–H and O–H groups in total. The second-order valence-corrected chi connectivity index (χ2v) is 4.27. The second kappa shape index (κ2) is 6.58. The summed E-state index contributed by atoms with van der Waals surface area (Å²) in [5.74, 6) is 0.753. The highest BCUT2D eigenvalue weighted by Gasteiger charge is 2.02. The van der Waals surface area contributed by atoms with Crippen LogP contribution in [-0.4, -0.2) is 22.5 Å². The van der Waals surface area contributed by atoms with Crippen molar-refractivity contribution >= 4 is 5.91 Å². The van der Waals surface area contributed by atoms with Crippen molar-refractivity contribution in [2.24, 2.45) is 0 Å². The number of amides is 1. The summed E-state index contributed by atoms with van der Waals surface area (Å²) in [6, 6.07) is 7.77. The van der Waals surface area contributed by atoms with E-state index in [2.05, 4.69) is 15.3 Å². The molecule has 1 heterocycles. The van der Waals surface area contributed by atoms with Crippen LogP contribution in [0.25, 0.3) is 0 Å². The van der Waals surface area contributed by atoms with Gasteiger partial charge >= 0.3 is 0 Å². The normalized spacial score (nSPS) is 10.2. The van der Waals surface area contributed by atoms with E-state index in [-0.39, 0.29) is 5.91 Å². The summed E-state index contributed by atoms with van der Waals surface area (Å²) < 4.78 is 5.51. The molecule has 0 fully saturated rings. The fraction of sp³-hybridized carbons (Fsp3) is 0.286. The second-order valence-electron chi connectivity index (χ2n) is 4.27. The molecule has 0 saturated carbocycles. The average molecular weight is 259 g/mol. The molecule has 1 amide bonds. The fourth-order valence-electron chi connectivity index (χ4n) is 1.63. The summed E-state index contributed by atoms with van der Waals surface area (Å²) in [5, 5.41) is 2.79. The number of H-pyrrole nitrogens is 1. The van der Waals surface area contributed by atoms with Gasteiger partial charge in [-0.3, -0.25) is 4.79 Å². The van der Waals surface area contributed by atoms with E-state index in [0.717, 1.165) is 17.0 Å². The molecular formula is C14H17N3O2. The number of carbonyl (C=O) groups is 1. The Hall–Kier alpha value is -2.30. The minimum absolute atomic E-state index is 0.0396. The van der Waals surface area contributed by atoms with Crippen molar-refractivity contribution in [3.8, 4) is 5.75 Å². The largest absolute Gasteiger partial charge is 0.493 e. The molecule has 5 heteroatoms. The molecule has 2 rings (SSSR count). The van der Waals surface area contributed by atoms with Crippen molar-refractivity contribution in [1.82, 2.24) is 15.3 Å². The van der Waals surface area contributed by atoms with Gasteiger partial charge in [-0.25, -0.2) is 4.98 Å². The topological polar surface area (TPSA) is 67.0 Å². The highest BCUT2D eigenvalue weighted by Crippen LogP contribution is 2.12. The van der Waals surface area contributed by atoms with Gasteiger partial charge in [0.05, 0.1) is 31.6 Å². The minimum atomic E-state index is -0.0396. The molecule has 5 nitrogen and oxygen atoms in total. The summed E-state index contributed by atoms with van der Waals surface area (Å²) >= 11 is 0. The lowest BCUT2D eigenvalue weighted by Gasteiger charge is -2.07. The first-order chi connectivity index (χ1) is 9.24. The van der Waals surface area contributed by atoms with Crippen LogP contribution in [0.1, 0.15) is 17.7 Å². The van der Waals surface area contributed by atoms with Crippen LogP contribution in [0.4, 0.5) is 0 Å². The molecule has 0 spiro atoms. The number of nitrogens with zero attached hydrogens (tertiary/aromatic N) is 1. The van der Waals surface area contributed by atoms with Crippen molar-refractivity contribution in [3.63, 3.8) is 0 Å². The maximum atomic E-state index is 11.6. The van der Waals surface area contributed by atoms with Crippen LogP contribution in [0.3, 0.4) is 0 Å². The SMILES string of the molecule is Cc1cccc(OCCC(=O)NCc2cnc[nH]2)c1. The number of aromatic amines is 1. The van der Waals surface area contributed by atoms with E-state index in [9.17, 15) is 4.79 Å². The van der Waals surface area contributed by atoms with Gasteiger partial charge in [-0.1, -0.05) is 12.1 Å². The van der Waals surface area contributed by atoms with Gasteiger partial charge < -0.3 is 15.0 Å². The predicted octanol–water partition coefficient (Wildman–Crippen LogP) is 1.80. The van der Waals surface area contributed by atoms with Crippen LogP contribution in [0, 0.1) is 6.92 Å². The Morgan fingerprint density at radius 3 is 3.11 bits per heavy atom. The van der Waals surface area contributed by atoms with E-state index in [0.29, 0.717) is 19.6 Å². The number of hydrogen-bond acceptors (Lipinski definition) is 3. The highest BCUT2D eigenvalue weighted by atomic mass is 16.5. The number of imidazole rings is 1. The van der Waals surface area contributed by atoms with Crippen molar-refractivity contribution < 1.29 is 9.53 Å². The van der Waals surface area contributed by atoms with E-state index in [1.165, 1.54) is 0 Å². The van der Waals surface area contributed by atoms with Crippen LogP contribution in [0.15, 0.2) is 36.8 Å². The van der Waals surface area contributed by atoms with Gasteiger partial charge in [-0.2, -0.15) is 0 Å².